The first-order chi connectivity index (χ1) is 12.4. The van der Waals surface area contributed by atoms with Gasteiger partial charge in [0.2, 0.25) is 5.91 Å². The third-order valence-electron chi connectivity index (χ3n) is 4.23. The molecule has 0 atom stereocenters. The molecule has 6 nitrogen and oxygen atoms in total. The van der Waals surface area contributed by atoms with Crippen LogP contribution in [0.25, 0.3) is 15.9 Å². The van der Waals surface area contributed by atoms with E-state index in [9.17, 15) is 14.4 Å². The van der Waals surface area contributed by atoms with Crippen molar-refractivity contribution in [2.45, 2.75) is 33.7 Å². The number of aryl methyl sites for hydroxylation is 2. The maximum absolute atomic E-state index is 13.1. The fraction of sp³-hybridized carbons (Fsp3) is 0.316. The average Bonchev–Trinajstić information content (AvgIpc) is 3.10. The first-order valence-electron chi connectivity index (χ1n) is 8.51. The zero-order valence-corrected chi connectivity index (χ0v) is 15.9. The summed E-state index contributed by atoms with van der Waals surface area (Å²) in [5.41, 5.74) is 1.99. The van der Waals surface area contributed by atoms with Gasteiger partial charge in [-0.05, 0) is 48.9 Å². The Bertz CT molecular complexity index is 1090. The van der Waals surface area contributed by atoms with Gasteiger partial charge in [-0.3, -0.25) is 14.2 Å². The quantitative estimate of drug-likeness (QED) is 0.748. The van der Waals surface area contributed by atoms with E-state index in [0.717, 1.165) is 17.5 Å². The van der Waals surface area contributed by atoms with Crippen molar-refractivity contribution in [3.8, 4) is 5.69 Å². The summed E-state index contributed by atoms with van der Waals surface area (Å²) in [4.78, 5) is 38.3. The molecule has 3 rings (SSSR count). The van der Waals surface area contributed by atoms with Crippen LogP contribution in [0.3, 0.4) is 0 Å². The summed E-state index contributed by atoms with van der Waals surface area (Å²) in [7, 11) is 0. The maximum Gasteiger partial charge on any atom is 0.336 e. The van der Waals surface area contributed by atoms with Crippen LogP contribution in [0.5, 0.6) is 0 Å². The molecule has 0 saturated carbocycles. The van der Waals surface area contributed by atoms with Crippen LogP contribution >= 0.6 is 11.3 Å². The smallest absolute Gasteiger partial charge is 0.336 e. The first kappa shape index (κ1) is 18.1. The van der Waals surface area contributed by atoms with E-state index in [1.54, 1.807) is 11.4 Å². The van der Waals surface area contributed by atoms with Crippen LogP contribution in [0.4, 0.5) is 0 Å². The van der Waals surface area contributed by atoms with Gasteiger partial charge in [0.15, 0.2) is 0 Å². The number of amides is 1. The van der Waals surface area contributed by atoms with E-state index in [2.05, 4.69) is 5.32 Å². The van der Waals surface area contributed by atoms with E-state index in [1.165, 1.54) is 20.5 Å². The number of carbonyl (C=O) groups excluding carboxylic acids is 1. The molecule has 2 heterocycles. The number of nitrogens with one attached hydrogen (secondary N) is 1. The highest BCUT2D eigenvalue weighted by Crippen LogP contribution is 2.18. The van der Waals surface area contributed by atoms with Crippen LogP contribution in [0.15, 0.2) is 39.2 Å². The van der Waals surface area contributed by atoms with Gasteiger partial charge in [0.25, 0.3) is 5.56 Å². The minimum atomic E-state index is -0.499. The molecule has 0 fully saturated rings. The predicted octanol–water partition coefficient (Wildman–Crippen LogP) is 2.36. The van der Waals surface area contributed by atoms with E-state index < -0.39 is 5.69 Å². The first-order valence-corrected chi connectivity index (χ1v) is 9.39. The number of carbonyl (C=O) groups is 1. The van der Waals surface area contributed by atoms with Gasteiger partial charge in [0.05, 0.1) is 11.2 Å². The SMILES string of the molecule is CCCNC(=O)Cn1c(=O)n(-c2cc(C)ccc2C)c(=O)c2sccc21. The number of rotatable bonds is 5. The summed E-state index contributed by atoms with van der Waals surface area (Å²) in [6.45, 7) is 6.17. The normalized spacial score (nSPS) is 11.0. The van der Waals surface area contributed by atoms with Crippen LogP contribution < -0.4 is 16.6 Å². The van der Waals surface area contributed by atoms with Crippen LogP contribution in [0.1, 0.15) is 24.5 Å². The van der Waals surface area contributed by atoms with Crippen LogP contribution in [-0.4, -0.2) is 21.6 Å². The summed E-state index contributed by atoms with van der Waals surface area (Å²) < 4.78 is 3.02. The number of benzene rings is 1. The molecule has 7 heteroatoms. The van der Waals surface area contributed by atoms with Gasteiger partial charge in [-0.25, -0.2) is 9.36 Å². The van der Waals surface area contributed by atoms with E-state index in [1.807, 2.05) is 39.0 Å². The highest BCUT2D eigenvalue weighted by Gasteiger charge is 2.18. The van der Waals surface area contributed by atoms with Crippen molar-refractivity contribution in [2.24, 2.45) is 0 Å². The lowest BCUT2D eigenvalue weighted by Gasteiger charge is -2.14. The molecular weight excluding hydrogens is 350 g/mol. The molecular formula is C19H21N3O3S. The zero-order chi connectivity index (χ0) is 18.8. The Hall–Kier alpha value is -2.67. The van der Waals surface area contributed by atoms with Gasteiger partial charge in [-0.2, -0.15) is 0 Å². The van der Waals surface area contributed by atoms with Crippen LogP contribution in [0, 0.1) is 13.8 Å². The van der Waals surface area contributed by atoms with Crippen molar-refractivity contribution in [1.29, 1.82) is 0 Å². The lowest BCUT2D eigenvalue weighted by Crippen LogP contribution is -2.41. The minimum absolute atomic E-state index is 0.114. The Morgan fingerprint density at radius 1 is 1.19 bits per heavy atom. The number of hydrogen-bond acceptors (Lipinski definition) is 4. The lowest BCUT2D eigenvalue weighted by molar-refractivity contribution is -0.121. The average molecular weight is 371 g/mol. The van der Waals surface area contributed by atoms with Gasteiger partial charge in [-0.15, -0.1) is 11.3 Å². The molecule has 3 aromatic rings. The minimum Gasteiger partial charge on any atom is -0.355 e. The predicted molar refractivity (Wildman–Crippen MR) is 104 cm³/mol. The van der Waals surface area contributed by atoms with Gasteiger partial charge in [-0.1, -0.05) is 19.1 Å². The molecule has 136 valence electrons. The Morgan fingerprint density at radius 3 is 2.69 bits per heavy atom. The van der Waals surface area contributed by atoms with Crippen molar-refractivity contribution < 1.29 is 4.79 Å². The summed E-state index contributed by atoms with van der Waals surface area (Å²) in [6.07, 6.45) is 0.816. The molecule has 1 N–H and O–H groups in total. The number of thiophene rings is 1. The van der Waals surface area contributed by atoms with Crippen molar-refractivity contribution in [1.82, 2.24) is 14.5 Å². The van der Waals surface area contributed by atoms with Gasteiger partial charge in [0.1, 0.15) is 11.2 Å². The van der Waals surface area contributed by atoms with Gasteiger partial charge in [0, 0.05) is 6.54 Å². The molecule has 26 heavy (non-hydrogen) atoms. The third kappa shape index (κ3) is 3.22. The van der Waals surface area contributed by atoms with E-state index >= 15 is 0 Å². The van der Waals surface area contributed by atoms with Crippen LogP contribution in [-0.2, 0) is 11.3 Å². The largest absolute Gasteiger partial charge is 0.355 e. The number of hydrogen-bond donors (Lipinski definition) is 1. The molecule has 2 aromatic heterocycles. The summed E-state index contributed by atoms with van der Waals surface area (Å²) >= 11 is 1.28. The topological polar surface area (TPSA) is 73.1 Å². The number of fused-ring (bicyclic) bond motifs is 1. The molecule has 1 aromatic carbocycles. The molecule has 0 saturated heterocycles. The zero-order valence-electron chi connectivity index (χ0n) is 15.0. The molecule has 0 unspecified atom stereocenters. The maximum atomic E-state index is 13.1. The molecule has 1 amide bonds. The second-order valence-electron chi connectivity index (χ2n) is 6.28. The molecule has 0 bridgehead atoms. The Balaban J connectivity index is 2.25. The second kappa shape index (κ2) is 7.29. The molecule has 0 aliphatic heterocycles. The van der Waals surface area contributed by atoms with E-state index in [4.69, 9.17) is 0 Å². The van der Waals surface area contributed by atoms with Crippen molar-refractivity contribution in [3.63, 3.8) is 0 Å². The Morgan fingerprint density at radius 2 is 1.96 bits per heavy atom. The monoisotopic (exact) mass is 371 g/mol. The van der Waals surface area contributed by atoms with Crippen molar-refractivity contribution in [3.05, 3.63) is 61.6 Å². The van der Waals surface area contributed by atoms with Crippen molar-refractivity contribution >= 4 is 27.5 Å². The third-order valence-corrected chi connectivity index (χ3v) is 5.13. The molecule has 0 spiro atoms. The molecule has 0 aliphatic carbocycles. The number of aromatic nitrogens is 2. The summed E-state index contributed by atoms with van der Waals surface area (Å²) in [5.74, 6) is -0.243. The molecule has 0 aliphatic rings. The fourth-order valence-electron chi connectivity index (χ4n) is 2.88. The van der Waals surface area contributed by atoms with Crippen LogP contribution in [0.2, 0.25) is 0 Å². The Kier molecular flexibility index (Phi) is 5.08. The lowest BCUT2D eigenvalue weighted by atomic mass is 10.1. The highest BCUT2D eigenvalue weighted by atomic mass is 32.1. The van der Waals surface area contributed by atoms with Gasteiger partial charge < -0.3 is 5.32 Å². The summed E-state index contributed by atoms with van der Waals surface area (Å²) in [5, 5.41) is 4.54. The second-order valence-corrected chi connectivity index (χ2v) is 7.20. The summed E-state index contributed by atoms with van der Waals surface area (Å²) in [6, 6.07) is 7.35. The fourth-order valence-corrected chi connectivity index (χ4v) is 3.70. The number of nitrogens with zero attached hydrogens (tertiary/aromatic N) is 2. The van der Waals surface area contributed by atoms with Crippen molar-refractivity contribution in [2.75, 3.05) is 6.54 Å². The molecule has 0 radical (unpaired) electrons. The highest BCUT2D eigenvalue weighted by molar-refractivity contribution is 7.17. The Labute approximate surface area is 154 Å². The standard InChI is InChI=1S/C19H21N3O3S/c1-4-8-20-16(23)11-21-14-7-9-26-17(14)18(24)22(19(21)25)15-10-12(2)5-6-13(15)3/h5-7,9-10H,4,8,11H2,1-3H3,(H,20,23). The van der Waals surface area contributed by atoms with E-state index in [-0.39, 0.29) is 18.0 Å². The van der Waals surface area contributed by atoms with E-state index in [0.29, 0.717) is 22.4 Å². The van der Waals surface area contributed by atoms with Gasteiger partial charge >= 0.3 is 5.69 Å².